The van der Waals surface area contributed by atoms with E-state index < -0.39 is 0 Å². The molecule has 1 amide bonds. The Hall–Kier alpha value is -4.35. The Morgan fingerprint density at radius 1 is 1.06 bits per heavy atom. The molecule has 5 aromatic rings. The number of nitrogens with one attached hydrogen (secondary N) is 1. The summed E-state index contributed by atoms with van der Waals surface area (Å²) in [6.45, 7) is 2.03. The minimum atomic E-state index is -0.182. The topological polar surface area (TPSA) is 96.7 Å². The van der Waals surface area contributed by atoms with Crippen LogP contribution in [0.15, 0.2) is 88.4 Å². The van der Waals surface area contributed by atoms with Crippen molar-refractivity contribution in [2.45, 2.75) is 12.1 Å². The first-order valence-corrected chi connectivity index (χ1v) is 11.5. The number of nitriles is 1. The quantitative estimate of drug-likeness (QED) is 0.328. The number of benzene rings is 3. The Labute approximate surface area is 200 Å². The highest BCUT2D eigenvalue weighted by atomic mass is 32.2. The molecule has 166 valence electrons. The molecule has 3 aromatic carbocycles. The molecule has 0 radical (unpaired) electrons. The number of aromatic nitrogens is 3. The lowest BCUT2D eigenvalue weighted by Crippen LogP contribution is -2.14. The van der Waals surface area contributed by atoms with Crippen LogP contribution in [0.1, 0.15) is 11.1 Å². The molecule has 0 aliphatic carbocycles. The van der Waals surface area contributed by atoms with Gasteiger partial charge in [0.05, 0.1) is 17.4 Å². The molecule has 1 N–H and O–H groups in total. The zero-order valence-corrected chi connectivity index (χ0v) is 19.0. The molecular weight excluding hydrogens is 446 g/mol. The first-order chi connectivity index (χ1) is 16.6. The lowest BCUT2D eigenvalue weighted by molar-refractivity contribution is -0.113. The predicted molar refractivity (Wildman–Crippen MR) is 132 cm³/mol. The number of nitrogens with zero attached hydrogens (tertiary/aromatic N) is 4. The number of anilines is 1. The molecular formula is C26H19N5O2S. The molecule has 7 nitrogen and oxygen atoms in total. The van der Waals surface area contributed by atoms with Gasteiger partial charge in [-0.2, -0.15) is 5.26 Å². The van der Waals surface area contributed by atoms with Gasteiger partial charge in [0, 0.05) is 16.8 Å². The van der Waals surface area contributed by atoms with Crippen LogP contribution in [0.5, 0.6) is 0 Å². The lowest BCUT2D eigenvalue weighted by Gasteiger charge is -2.10. The third-order valence-corrected chi connectivity index (χ3v) is 6.13. The normalized spacial score (nSPS) is 10.8. The summed E-state index contributed by atoms with van der Waals surface area (Å²) in [7, 11) is 0. The van der Waals surface area contributed by atoms with Crippen molar-refractivity contribution >= 4 is 34.3 Å². The second kappa shape index (κ2) is 9.25. The molecule has 2 aromatic heterocycles. The van der Waals surface area contributed by atoms with Crippen LogP contribution in [-0.2, 0) is 4.79 Å². The van der Waals surface area contributed by atoms with Crippen molar-refractivity contribution < 1.29 is 9.21 Å². The van der Waals surface area contributed by atoms with Gasteiger partial charge in [0.15, 0.2) is 10.9 Å². The number of furan rings is 1. The number of carbonyl (C=O) groups is 1. The van der Waals surface area contributed by atoms with Crippen molar-refractivity contribution in [3.63, 3.8) is 0 Å². The predicted octanol–water partition coefficient (Wildman–Crippen LogP) is 5.59. The number of carbonyl (C=O) groups excluding carboxylic acids is 1. The van der Waals surface area contributed by atoms with E-state index in [2.05, 4.69) is 21.6 Å². The number of hydrogen-bond donors (Lipinski definition) is 1. The summed E-state index contributed by atoms with van der Waals surface area (Å²) in [5, 5.41) is 22.1. The molecule has 0 aliphatic rings. The lowest BCUT2D eigenvalue weighted by atomic mass is 10.2. The second-order valence-electron chi connectivity index (χ2n) is 7.65. The number of aryl methyl sites for hydroxylation is 1. The van der Waals surface area contributed by atoms with Gasteiger partial charge in [-0.05, 0) is 55.5 Å². The van der Waals surface area contributed by atoms with Crippen LogP contribution in [0.4, 0.5) is 5.69 Å². The third-order valence-electron chi connectivity index (χ3n) is 5.20. The van der Waals surface area contributed by atoms with Crippen molar-refractivity contribution in [3.05, 3.63) is 90.0 Å². The molecule has 0 bridgehead atoms. The summed E-state index contributed by atoms with van der Waals surface area (Å²) in [5.41, 5.74) is 3.95. The van der Waals surface area contributed by atoms with E-state index in [4.69, 9.17) is 9.68 Å². The number of para-hydroxylation sites is 1. The van der Waals surface area contributed by atoms with Gasteiger partial charge < -0.3 is 9.73 Å². The fourth-order valence-corrected chi connectivity index (χ4v) is 4.25. The highest BCUT2D eigenvalue weighted by Crippen LogP contribution is 2.31. The molecule has 8 heteroatoms. The molecule has 2 heterocycles. The average Bonchev–Trinajstić information content (AvgIpc) is 3.48. The van der Waals surface area contributed by atoms with Crippen molar-refractivity contribution in [1.82, 2.24) is 14.8 Å². The number of fused-ring (bicyclic) bond motifs is 1. The van der Waals surface area contributed by atoms with Crippen molar-refractivity contribution in [1.29, 1.82) is 5.26 Å². The zero-order chi connectivity index (χ0) is 23.5. The Balaban J connectivity index is 1.43. The summed E-state index contributed by atoms with van der Waals surface area (Å²) < 4.78 is 7.94. The van der Waals surface area contributed by atoms with E-state index in [1.165, 1.54) is 11.8 Å². The monoisotopic (exact) mass is 465 g/mol. The molecule has 0 atom stereocenters. The number of amides is 1. The standard InChI is InChI=1S/C26H19N5O2S/c1-17-6-12-21(13-7-17)31-25(23-14-19-4-2-3-5-22(19)33-23)29-30-26(31)34-16-24(32)28-20-10-8-18(15-27)9-11-20/h2-14H,16H2,1H3,(H,28,32). The van der Waals surface area contributed by atoms with Crippen LogP contribution in [0.25, 0.3) is 28.2 Å². The van der Waals surface area contributed by atoms with Gasteiger partial charge in [0.25, 0.3) is 0 Å². The highest BCUT2D eigenvalue weighted by molar-refractivity contribution is 7.99. The fraction of sp³-hybridized carbons (Fsp3) is 0.0769. The summed E-state index contributed by atoms with van der Waals surface area (Å²) in [5.74, 6) is 1.13. The minimum absolute atomic E-state index is 0.143. The van der Waals surface area contributed by atoms with Crippen LogP contribution in [0, 0.1) is 18.3 Å². The minimum Gasteiger partial charge on any atom is -0.453 e. The molecule has 34 heavy (non-hydrogen) atoms. The van der Waals surface area contributed by atoms with Gasteiger partial charge in [0.1, 0.15) is 5.58 Å². The number of rotatable bonds is 6. The first-order valence-electron chi connectivity index (χ1n) is 10.5. The Morgan fingerprint density at radius 3 is 2.56 bits per heavy atom. The van der Waals surface area contributed by atoms with Crippen LogP contribution in [0.2, 0.25) is 0 Å². The maximum absolute atomic E-state index is 12.6. The fourth-order valence-electron chi connectivity index (χ4n) is 3.50. The Bertz CT molecular complexity index is 1480. The molecule has 0 fully saturated rings. The number of hydrogen-bond acceptors (Lipinski definition) is 6. The third kappa shape index (κ3) is 4.42. The van der Waals surface area contributed by atoms with Gasteiger partial charge in [-0.3, -0.25) is 9.36 Å². The van der Waals surface area contributed by atoms with Crippen LogP contribution < -0.4 is 5.32 Å². The molecule has 0 saturated heterocycles. The van der Waals surface area contributed by atoms with Crippen molar-refractivity contribution in [2.24, 2.45) is 0 Å². The van der Waals surface area contributed by atoms with Crippen molar-refractivity contribution in [2.75, 3.05) is 11.1 Å². The van der Waals surface area contributed by atoms with Crippen LogP contribution >= 0.6 is 11.8 Å². The molecule has 0 saturated carbocycles. The van der Waals surface area contributed by atoms with Gasteiger partial charge in [-0.25, -0.2) is 0 Å². The SMILES string of the molecule is Cc1ccc(-n2c(SCC(=O)Nc3ccc(C#N)cc3)nnc2-c2cc3ccccc3o2)cc1. The van der Waals surface area contributed by atoms with Crippen LogP contribution in [-0.4, -0.2) is 26.4 Å². The molecule has 0 aliphatic heterocycles. The summed E-state index contributed by atoms with van der Waals surface area (Å²) in [6, 6.07) is 26.5. The Morgan fingerprint density at radius 2 is 1.82 bits per heavy atom. The van der Waals surface area contributed by atoms with Gasteiger partial charge in [-0.1, -0.05) is 47.7 Å². The largest absolute Gasteiger partial charge is 0.453 e. The molecule has 0 spiro atoms. The van der Waals surface area contributed by atoms with E-state index >= 15 is 0 Å². The Kier molecular flexibility index (Phi) is 5.85. The summed E-state index contributed by atoms with van der Waals surface area (Å²) in [6.07, 6.45) is 0. The van der Waals surface area contributed by atoms with E-state index in [0.717, 1.165) is 22.2 Å². The van der Waals surface area contributed by atoms with E-state index in [1.807, 2.05) is 66.1 Å². The van der Waals surface area contributed by atoms with E-state index in [-0.39, 0.29) is 11.7 Å². The first kappa shape index (κ1) is 21.5. The number of thioether (sulfide) groups is 1. The zero-order valence-electron chi connectivity index (χ0n) is 18.2. The van der Waals surface area contributed by atoms with Crippen molar-refractivity contribution in [3.8, 4) is 23.3 Å². The highest BCUT2D eigenvalue weighted by Gasteiger charge is 2.20. The van der Waals surface area contributed by atoms with E-state index in [9.17, 15) is 4.79 Å². The van der Waals surface area contributed by atoms with Gasteiger partial charge in [0.2, 0.25) is 11.7 Å². The van der Waals surface area contributed by atoms with E-state index in [1.54, 1.807) is 24.3 Å². The molecule has 5 rings (SSSR count). The van der Waals surface area contributed by atoms with Crippen LogP contribution in [0.3, 0.4) is 0 Å². The summed E-state index contributed by atoms with van der Waals surface area (Å²) >= 11 is 1.29. The second-order valence-corrected chi connectivity index (χ2v) is 8.59. The maximum Gasteiger partial charge on any atom is 0.234 e. The smallest absolute Gasteiger partial charge is 0.234 e. The average molecular weight is 466 g/mol. The van der Waals surface area contributed by atoms with Gasteiger partial charge in [-0.15, -0.1) is 10.2 Å². The molecule has 0 unspecified atom stereocenters. The van der Waals surface area contributed by atoms with Gasteiger partial charge >= 0.3 is 0 Å². The van der Waals surface area contributed by atoms with E-state index in [0.29, 0.717) is 28.0 Å². The summed E-state index contributed by atoms with van der Waals surface area (Å²) in [4.78, 5) is 12.6. The maximum atomic E-state index is 12.6.